The summed E-state index contributed by atoms with van der Waals surface area (Å²) < 4.78 is 25.7. The smallest absolute Gasteiger partial charge is 0.273 e. The van der Waals surface area contributed by atoms with Gasteiger partial charge in [0.1, 0.15) is 23.7 Å². The third kappa shape index (κ3) is 10.2. The molecule has 5 heterocycles. The Hall–Kier alpha value is -7.97. The molecule has 0 unspecified atom stereocenters. The second-order valence-electron chi connectivity index (χ2n) is 18.5. The van der Waals surface area contributed by atoms with E-state index in [-0.39, 0.29) is 29.4 Å². The molecule has 358 valence electrons. The fraction of sp³-hybridized carbons (Fsp3) is 0.246. The van der Waals surface area contributed by atoms with E-state index in [2.05, 4.69) is 49.1 Å². The maximum absolute atomic E-state index is 13.7. The molecule has 0 spiro atoms. The molecule has 2 aromatic heterocycles. The predicted molar refractivity (Wildman–Crippen MR) is 272 cm³/mol. The monoisotopic (exact) mass is 949 g/mol. The zero-order valence-electron chi connectivity index (χ0n) is 39.2. The highest BCUT2D eigenvalue weighted by Crippen LogP contribution is 2.33. The molecule has 0 radical (unpaired) electrons. The Kier molecular flexibility index (Phi) is 13.5. The Labute approximate surface area is 410 Å². The van der Waals surface area contributed by atoms with Crippen LogP contribution in [-0.4, -0.2) is 78.2 Å². The van der Waals surface area contributed by atoms with Gasteiger partial charge in [-0.25, -0.2) is 28.7 Å². The van der Waals surface area contributed by atoms with Crippen LogP contribution in [0.5, 0.6) is 0 Å². The van der Waals surface area contributed by atoms with Gasteiger partial charge in [0.05, 0.1) is 11.0 Å². The van der Waals surface area contributed by atoms with Crippen LogP contribution >= 0.6 is 0 Å². The van der Waals surface area contributed by atoms with Crippen LogP contribution in [0.3, 0.4) is 0 Å². The fourth-order valence-electron chi connectivity index (χ4n) is 10.1. The quantitative estimate of drug-likeness (QED) is 0.147. The number of aldehydes is 1. The number of halogens is 2. The van der Waals surface area contributed by atoms with Crippen molar-refractivity contribution in [1.29, 1.82) is 0 Å². The molecule has 14 heteroatoms. The lowest BCUT2D eigenvalue weighted by molar-refractivity contribution is 0.0741. The van der Waals surface area contributed by atoms with E-state index in [4.69, 9.17) is 11.5 Å². The van der Waals surface area contributed by atoms with Gasteiger partial charge in [-0.3, -0.25) is 19.3 Å². The summed E-state index contributed by atoms with van der Waals surface area (Å²) in [6.07, 6.45) is 4.07. The molecule has 2 fully saturated rings. The largest absolute Gasteiger partial charge is 0.368 e. The summed E-state index contributed by atoms with van der Waals surface area (Å²) in [4.78, 5) is 61.5. The Morgan fingerprint density at radius 3 is 1.49 bits per heavy atom. The third-order valence-electron chi connectivity index (χ3n) is 13.7. The van der Waals surface area contributed by atoms with Crippen molar-refractivity contribution in [3.63, 3.8) is 0 Å². The number of nitrogens with two attached hydrogens (primary N) is 2. The van der Waals surface area contributed by atoms with Crippen molar-refractivity contribution >= 4 is 51.8 Å². The summed E-state index contributed by atoms with van der Waals surface area (Å²) in [5, 5.41) is 1.29. The van der Waals surface area contributed by atoms with E-state index in [1.807, 2.05) is 97.1 Å². The van der Waals surface area contributed by atoms with E-state index in [0.29, 0.717) is 78.8 Å². The molecular formula is C57H53F2N9O3. The number of hydrogen-bond acceptors (Lipinski definition) is 10. The molecule has 1 aliphatic carbocycles. The molecule has 2 amide bonds. The fourth-order valence-corrected chi connectivity index (χ4v) is 10.1. The lowest BCUT2D eigenvalue weighted by Crippen LogP contribution is -2.27. The molecule has 4 N–H and O–H groups in total. The highest BCUT2D eigenvalue weighted by atomic mass is 19.1. The van der Waals surface area contributed by atoms with Crippen LogP contribution in [0.1, 0.15) is 91.3 Å². The molecular weight excluding hydrogens is 897 g/mol. The van der Waals surface area contributed by atoms with Crippen LogP contribution in [0.25, 0.3) is 44.1 Å². The topological polar surface area (TPSA) is 165 Å². The van der Waals surface area contributed by atoms with Gasteiger partial charge in [-0.15, -0.1) is 0 Å². The number of aromatic nitrogens is 4. The number of nitrogen functional groups attached to an aromatic ring is 2. The van der Waals surface area contributed by atoms with E-state index >= 15 is 0 Å². The van der Waals surface area contributed by atoms with Gasteiger partial charge < -0.3 is 21.3 Å². The number of carbonyl (C=O) groups is 3. The van der Waals surface area contributed by atoms with Gasteiger partial charge in [-0.2, -0.15) is 0 Å². The molecule has 1 saturated carbocycles. The van der Waals surface area contributed by atoms with Gasteiger partial charge in [-0.05, 0) is 93.6 Å². The Morgan fingerprint density at radius 1 is 0.563 bits per heavy atom. The van der Waals surface area contributed by atoms with Gasteiger partial charge in [0.25, 0.3) is 11.8 Å². The summed E-state index contributed by atoms with van der Waals surface area (Å²) in [5.74, 6) is -0.202. The highest BCUT2D eigenvalue weighted by Gasteiger charge is 2.29. The maximum Gasteiger partial charge on any atom is 0.273 e. The number of amides is 2. The minimum Gasteiger partial charge on any atom is -0.368 e. The average Bonchev–Trinajstić information content (AvgIpc) is 4.24. The van der Waals surface area contributed by atoms with Gasteiger partial charge in [0.2, 0.25) is 11.9 Å². The lowest BCUT2D eigenvalue weighted by Gasteiger charge is -2.19. The first-order chi connectivity index (χ1) is 34.6. The number of anilines is 2. The molecule has 12 nitrogen and oxygen atoms in total. The molecule has 12 rings (SSSR count). The van der Waals surface area contributed by atoms with Gasteiger partial charge >= 0.3 is 0 Å². The first-order valence-corrected chi connectivity index (χ1v) is 24.1. The van der Waals surface area contributed by atoms with E-state index in [0.717, 1.165) is 88.6 Å². The normalized spacial score (nSPS) is 16.3. The zero-order chi connectivity index (χ0) is 49.0. The van der Waals surface area contributed by atoms with Gasteiger partial charge in [0, 0.05) is 62.1 Å². The number of carbonyl (C=O) groups excluding carboxylic acids is 3. The van der Waals surface area contributed by atoms with Crippen molar-refractivity contribution < 1.29 is 23.2 Å². The molecule has 8 aromatic rings. The Bertz CT molecular complexity index is 3260. The predicted octanol–water partition coefficient (Wildman–Crippen LogP) is 10.3. The third-order valence-corrected chi connectivity index (χ3v) is 13.7. The summed E-state index contributed by atoms with van der Waals surface area (Å²) in [5.41, 5.74) is 23.6. The van der Waals surface area contributed by atoms with E-state index in [9.17, 15) is 23.2 Å². The second kappa shape index (κ2) is 20.6. The molecule has 4 aliphatic rings. The van der Waals surface area contributed by atoms with Gasteiger partial charge in [-0.1, -0.05) is 122 Å². The number of likely N-dealkylation sites (tertiary alicyclic amines) is 1. The first kappa shape index (κ1) is 46.7. The first-order valence-electron chi connectivity index (χ1n) is 24.1. The highest BCUT2D eigenvalue weighted by molar-refractivity contribution is 6.07. The van der Waals surface area contributed by atoms with Crippen molar-refractivity contribution in [3.05, 3.63) is 178 Å². The number of hydrogen-bond donors (Lipinski definition) is 2. The Balaban J connectivity index is 0.000000148. The molecule has 3 aliphatic heterocycles. The molecule has 0 bridgehead atoms. The number of nitrogens with zero attached hydrogens (tertiary/aromatic N) is 7. The SMILES string of the molecule is FC1CCCC1.Nc1nc(C(=O)N2Cc3ccccc3C2)c2cc(-c3ccccc3C=O)ccc2n1.Nc1nc(C(=O)N2Cc3ccccc3C2)c2cc(-c3ccccc3CN3CC[C@@H](F)C3)ccc2n1. The number of rotatable bonds is 7. The average molecular weight is 950 g/mol. The van der Waals surface area contributed by atoms with E-state index in [1.54, 1.807) is 21.9 Å². The van der Waals surface area contributed by atoms with Crippen molar-refractivity contribution in [2.45, 2.75) is 77.2 Å². The zero-order valence-corrected chi connectivity index (χ0v) is 39.2. The summed E-state index contributed by atoms with van der Waals surface area (Å²) in [7, 11) is 0. The van der Waals surface area contributed by atoms with Crippen molar-refractivity contribution in [2.75, 3.05) is 24.6 Å². The number of benzene rings is 6. The standard InChI is InChI=1S/C28H26FN5O.C24H18N4O2.C5H9F/c29-22-11-12-33(17-22)14-21-7-3-4-8-23(21)18-9-10-25-24(13-18)26(32-28(30)31-25)27(35)34-15-19-5-1-2-6-20(19)16-34;25-24-26-21-10-9-15(19-8-4-3-7-18(19)14-29)11-20(21)22(27-24)23(30)28-12-16-5-1-2-6-17(16)13-28;6-5-3-1-2-4-5/h1-10,13,22H,11-12,14-17H2,(H2,30,31,32);1-11,14H,12-13H2,(H2,25,26,27);5H,1-4H2/t22-;;/m1../s1. The molecule has 6 aromatic carbocycles. The molecule has 1 saturated heterocycles. The van der Waals surface area contributed by atoms with Crippen LogP contribution in [0.2, 0.25) is 0 Å². The number of fused-ring (bicyclic) bond motifs is 4. The minimum absolute atomic E-state index is 0.0589. The lowest BCUT2D eigenvalue weighted by atomic mass is 9.97. The van der Waals surface area contributed by atoms with Crippen LogP contribution in [0, 0.1) is 0 Å². The van der Waals surface area contributed by atoms with Gasteiger partial charge in [0.15, 0.2) is 6.29 Å². The maximum atomic E-state index is 13.7. The minimum atomic E-state index is -0.754. The van der Waals surface area contributed by atoms with E-state index in [1.165, 1.54) is 0 Å². The van der Waals surface area contributed by atoms with Crippen molar-refractivity contribution in [3.8, 4) is 22.3 Å². The van der Waals surface area contributed by atoms with Crippen LogP contribution in [0.15, 0.2) is 133 Å². The molecule has 1 atom stereocenters. The Morgan fingerprint density at radius 2 is 1.03 bits per heavy atom. The van der Waals surface area contributed by atoms with Crippen LogP contribution in [0.4, 0.5) is 20.7 Å². The van der Waals surface area contributed by atoms with Crippen LogP contribution < -0.4 is 11.5 Å². The molecule has 71 heavy (non-hydrogen) atoms. The second-order valence-corrected chi connectivity index (χ2v) is 18.5. The summed E-state index contributed by atoms with van der Waals surface area (Å²) >= 11 is 0. The summed E-state index contributed by atoms with van der Waals surface area (Å²) in [6, 6.07) is 43.0. The number of alkyl halides is 2. The van der Waals surface area contributed by atoms with Crippen molar-refractivity contribution in [1.82, 2.24) is 34.6 Å². The summed E-state index contributed by atoms with van der Waals surface area (Å²) in [6.45, 7) is 4.09. The van der Waals surface area contributed by atoms with Crippen molar-refractivity contribution in [2.24, 2.45) is 0 Å². The van der Waals surface area contributed by atoms with E-state index < -0.39 is 12.3 Å². The van der Waals surface area contributed by atoms with Crippen LogP contribution in [-0.2, 0) is 32.7 Å².